The zero-order valence-electron chi connectivity index (χ0n) is 5.26. The van der Waals surface area contributed by atoms with Gasteiger partial charge in [-0.1, -0.05) is 18.7 Å². The number of hydrogen-bond acceptors (Lipinski definition) is 1. The van der Waals surface area contributed by atoms with E-state index in [1.807, 2.05) is 0 Å². The lowest BCUT2D eigenvalue weighted by Crippen LogP contribution is -2.06. The van der Waals surface area contributed by atoms with Gasteiger partial charge < -0.3 is 4.43 Å². The van der Waals surface area contributed by atoms with Crippen LogP contribution in [0.5, 0.6) is 0 Å². The molecular formula is C6H12OSi. The monoisotopic (exact) mass is 128 g/mol. The van der Waals surface area contributed by atoms with E-state index in [2.05, 4.69) is 19.7 Å². The normalized spacial score (nSPS) is 10.8. The Labute approximate surface area is 53.0 Å². The van der Waals surface area contributed by atoms with Crippen molar-refractivity contribution >= 4 is 9.76 Å². The van der Waals surface area contributed by atoms with Crippen LogP contribution in [0.25, 0.3) is 0 Å². The molecule has 46 valence electrons. The van der Waals surface area contributed by atoms with Crippen molar-refractivity contribution in [3.8, 4) is 0 Å². The highest BCUT2D eigenvalue weighted by atomic mass is 28.2. The summed E-state index contributed by atoms with van der Waals surface area (Å²) in [6.45, 7) is 9.24. The van der Waals surface area contributed by atoms with Gasteiger partial charge in [0.1, 0.15) is 0 Å². The molecule has 0 spiro atoms. The maximum atomic E-state index is 5.24. The first-order chi connectivity index (χ1) is 3.85. The minimum absolute atomic E-state index is 0.0895. The van der Waals surface area contributed by atoms with E-state index in [4.69, 9.17) is 4.43 Å². The van der Waals surface area contributed by atoms with Gasteiger partial charge >= 0.3 is 0 Å². The van der Waals surface area contributed by atoms with Gasteiger partial charge in [0.15, 0.2) is 9.76 Å². The Morgan fingerprint density at radius 1 is 1.50 bits per heavy atom. The van der Waals surface area contributed by atoms with Crippen LogP contribution in [0.4, 0.5) is 0 Å². The average Bonchev–Trinajstić information content (AvgIpc) is 1.83. The molecule has 0 aromatic carbocycles. The van der Waals surface area contributed by atoms with Crippen molar-refractivity contribution in [2.75, 3.05) is 0 Å². The zero-order valence-corrected chi connectivity index (χ0v) is 6.68. The molecule has 0 fully saturated rings. The standard InChI is InChI=1S/C6H12OSi/c1-4-6(5-2)7-8-3/h4-6H,1-2,8H2,3H3. The summed E-state index contributed by atoms with van der Waals surface area (Å²) in [6, 6.07) is 0. The molecule has 2 heteroatoms. The maximum Gasteiger partial charge on any atom is 0.159 e. The molecule has 0 aliphatic rings. The molecule has 0 bridgehead atoms. The smallest absolute Gasteiger partial charge is 0.159 e. The van der Waals surface area contributed by atoms with Crippen molar-refractivity contribution in [2.24, 2.45) is 0 Å². The summed E-state index contributed by atoms with van der Waals surface area (Å²) in [5.74, 6) is 0. The molecule has 0 atom stereocenters. The summed E-state index contributed by atoms with van der Waals surface area (Å²) in [6.07, 6.45) is 3.60. The third-order valence-electron chi connectivity index (χ3n) is 0.824. The van der Waals surface area contributed by atoms with E-state index >= 15 is 0 Å². The van der Waals surface area contributed by atoms with Gasteiger partial charge in [0, 0.05) is 0 Å². The lowest BCUT2D eigenvalue weighted by atomic mass is 10.4. The first-order valence-corrected chi connectivity index (χ1v) is 4.71. The van der Waals surface area contributed by atoms with Crippen LogP contribution in [-0.4, -0.2) is 15.9 Å². The van der Waals surface area contributed by atoms with E-state index < -0.39 is 0 Å². The predicted octanol–water partition coefficient (Wildman–Crippen LogP) is 0.875. The van der Waals surface area contributed by atoms with Crippen LogP contribution in [0.1, 0.15) is 0 Å². The number of hydrogen-bond donors (Lipinski definition) is 0. The fourth-order valence-electron chi connectivity index (χ4n) is 0.425. The van der Waals surface area contributed by atoms with E-state index in [0.717, 1.165) is 0 Å². The molecule has 0 N–H and O–H groups in total. The molecule has 0 amide bonds. The summed E-state index contributed by atoms with van der Waals surface area (Å²) in [5.41, 5.74) is 0. The average molecular weight is 128 g/mol. The molecule has 1 nitrogen and oxygen atoms in total. The van der Waals surface area contributed by atoms with Gasteiger partial charge in [0.05, 0.1) is 6.10 Å². The van der Waals surface area contributed by atoms with Crippen LogP contribution in [0.3, 0.4) is 0 Å². The van der Waals surface area contributed by atoms with Crippen molar-refractivity contribution in [3.05, 3.63) is 25.3 Å². The topological polar surface area (TPSA) is 9.23 Å². The summed E-state index contributed by atoms with van der Waals surface area (Å²) in [5, 5.41) is 0. The minimum atomic E-state index is -0.298. The second-order valence-corrected chi connectivity index (χ2v) is 2.30. The van der Waals surface area contributed by atoms with Gasteiger partial charge in [-0.3, -0.25) is 0 Å². The Hall–Kier alpha value is -0.343. The van der Waals surface area contributed by atoms with Crippen LogP contribution in [-0.2, 0) is 4.43 Å². The maximum absolute atomic E-state index is 5.24. The molecule has 8 heavy (non-hydrogen) atoms. The summed E-state index contributed by atoms with van der Waals surface area (Å²) in [4.78, 5) is 0. The largest absolute Gasteiger partial charge is 0.415 e. The molecule has 0 aromatic rings. The second kappa shape index (κ2) is 4.81. The highest BCUT2D eigenvalue weighted by molar-refractivity contribution is 6.24. The van der Waals surface area contributed by atoms with Crippen LogP contribution in [0.15, 0.2) is 25.3 Å². The van der Waals surface area contributed by atoms with Gasteiger partial charge in [-0.2, -0.15) is 0 Å². The van der Waals surface area contributed by atoms with Gasteiger partial charge in [0.2, 0.25) is 0 Å². The molecule has 0 saturated carbocycles. The van der Waals surface area contributed by atoms with Crippen LogP contribution >= 0.6 is 0 Å². The Bertz CT molecular complexity index is 72.6. The lowest BCUT2D eigenvalue weighted by Gasteiger charge is -2.04. The van der Waals surface area contributed by atoms with E-state index in [-0.39, 0.29) is 15.9 Å². The first kappa shape index (κ1) is 7.66. The minimum Gasteiger partial charge on any atom is -0.415 e. The first-order valence-electron chi connectivity index (χ1n) is 2.71. The van der Waals surface area contributed by atoms with Crippen molar-refractivity contribution in [3.63, 3.8) is 0 Å². The molecule has 0 aliphatic carbocycles. The van der Waals surface area contributed by atoms with Crippen molar-refractivity contribution in [1.29, 1.82) is 0 Å². The van der Waals surface area contributed by atoms with Crippen LogP contribution < -0.4 is 0 Å². The molecule has 0 heterocycles. The Balaban J connectivity index is 3.35. The molecule has 0 unspecified atom stereocenters. The summed E-state index contributed by atoms with van der Waals surface area (Å²) >= 11 is 0. The predicted molar refractivity (Wildman–Crippen MR) is 39.7 cm³/mol. The highest BCUT2D eigenvalue weighted by Crippen LogP contribution is 1.90. The Morgan fingerprint density at radius 3 is 2.12 bits per heavy atom. The summed E-state index contributed by atoms with van der Waals surface area (Å²) < 4.78 is 5.24. The van der Waals surface area contributed by atoms with E-state index in [9.17, 15) is 0 Å². The van der Waals surface area contributed by atoms with Gasteiger partial charge in [-0.25, -0.2) is 0 Å². The van der Waals surface area contributed by atoms with E-state index in [1.54, 1.807) is 12.2 Å². The van der Waals surface area contributed by atoms with Crippen LogP contribution in [0.2, 0.25) is 6.55 Å². The Kier molecular flexibility index (Phi) is 4.60. The third-order valence-corrected chi connectivity index (χ3v) is 1.54. The Morgan fingerprint density at radius 2 is 2.00 bits per heavy atom. The van der Waals surface area contributed by atoms with Crippen LogP contribution in [0, 0.1) is 0 Å². The fourth-order valence-corrected chi connectivity index (χ4v) is 1.08. The van der Waals surface area contributed by atoms with E-state index in [1.165, 1.54) is 0 Å². The quantitative estimate of drug-likeness (QED) is 0.403. The van der Waals surface area contributed by atoms with Gasteiger partial charge in [-0.15, -0.1) is 13.2 Å². The van der Waals surface area contributed by atoms with Gasteiger partial charge in [-0.05, 0) is 0 Å². The molecule has 0 saturated heterocycles. The van der Waals surface area contributed by atoms with Crippen molar-refractivity contribution in [2.45, 2.75) is 12.7 Å². The fraction of sp³-hybridized carbons (Fsp3) is 0.333. The lowest BCUT2D eigenvalue weighted by molar-refractivity contribution is 0.317. The molecule has 0 rings (SSSR count). The molecule has 0 aromatic heterocycles. The number of rotatable bonds is 4. The van der Waals surface area contributed by atoms with Gasteiger partial charge in [0.25, 0.3) is 0 Å². The zero-order chi connectivity index (χ0) is 6.41. The third kappa shape index (κ3) is 2.77. The molecule has 0 aliphatic heterocycles. The van der Waals surface area contributed by atoms with E-state index in [0.29, 0.717) is 0 Å². The highest BCUT2D eigenvalue weighted by Gasteiger charge is 1.91. The second-order valence-electron chi connectivity index (χ2n) is 1.39. The van der Waals surface area contributed by atoms with Crippen molar-refractivity contribution < 1.29 is 4.43 Å². The molecule has 0 radical (unpaired) electrons. The summed E-state index contributed by atoms with van der Waals surface area (Å²) in [7, 11) is -0.298. The van der Waals surface area contributed by atoms with Crippen molar-refractivity contribution in [1.82, 2.24) is 0 Å². The SMILES string of the molecule is C=CC(C=C)O[SiH2]C. The molecular weight excluding hydrogens is 116 g/mol.